The first kappa shape index (κ1) is 19.3. The average molecular weight is 380 g/mol. The van der Waals surface area contributed by atoms with Crippen molar-refractivity contribution in [1.82, 2.24) is 4.90 Å². The molecular weight excluding hydrogens is 361 g/mol. The molecular formula is C19H19Cl2NO3. The summed E-state index contributed by atoms with van der Waals surface area (Å²) in [6, 6.07) is 14.5. The zero-order chi connectivity index (χ0) is 18.2. The molecule has 1 amide bonds. The van der Waals surface area contributed by atoms with E-state index in [1.807, 2.05) is 30.3 Å². The average Bonchev–Trinajstić information content (AvgIpc) is 2.61. The van der Waals surface area contributed by atoms with Gasteiger partial charge in [-0.2, -0.15) is 0 Å². The number of benzene rings is 2. The third-order valence-electron chi connectivity index (χ3n) is 3.75. The first-order valence-electron chi connectivity index (χ1n) is 7.82. The summed E-state index contributed by atoms with van der Waals surface area (Å²) in [5.41, 5.74) is 1.69. The lowest BCUT2D eigenvalue weighted by atomic mass is 10.1. The van der Waals surface area contributed by atoms with Crippen molar-refractivity contribution in [2.75, 3.05) is 13.7 Å². The van der Waals surface area contributed by atoms with Gasteiger partial charge in [-0.05, 0) is 29.3 Å². The van der Waals surface area contributed by atoms with Crippen molar-refractivity contribution in [1.29, 1.82) is 0 Å². The highest BCUT2D eigenvalue weighted by Gasteiger charge is 2.17. The molecule has 2 rings (SSSR count). The summed E-state index contributed by atoms with van der Waals surface area (Å²) >= 11 is 12.1. The maximum atomic E-state index is 12.7. The summed E-state index contributed by atoms with van der Waals surface area (Å²) in [6.45, 7) is 0.605. The second kappa shape index (κ2) is 9.44. The number of hydrogen-bond donors (Lipinski definition) is 0. The van der Waals surface area contributed by atoms with Gasteiger partial charge in [-0.25, -0.2) is 0 Å². The molecule has 25 heavy (non-hydrogen) atoms. The third-order valence-corrected chi connectivity index (χ3v) is 4.37. The smallest absolute Gasteiger partial charge is 0.307 e. The van der Waals surface area contributed by atoms with Gasteiger partial charge in [0.05, 0.1) is 20.0 Å². The van der Waals surface area contributed by atoms with E-state index in [0.29, 0.717) is 16.6 Å². The SMILES string of the molecule is COC(=O)CCN(Cc1ccccc1Cl)C(=O)Cc1ccc(Cl)cc1. The summed E-state index contributed by atoms with van der Waals surface area (Å²) in [4.78, 5) is 25.8. The summed E-state index contributed by atoms with van der Waals surface area (Å²) in [7, 11) is 1.33. The summed E-state index contributed by atoms with van der Waals surface area (Å²) < 4.78 is 4.67. The Balaban J connectivity index is 2.11. The Hall–Kier alpha value is -2.04. The van der Waals surface area contributed by atoms with Gasteiger partial charge in [-0.15, -0.1) is 0 Å². The van der Waals surface area contributed by atoms with Crippen molar-refractivity contribution >= 4 is 35.1 Å². The second-order valence-corrected chi connectivity index (χ2v) is 6.38. The van der Waals surface area contributed by atoms with Gasteiger partial charge >= 0.3 is 5.97 Å². The van der Waals surface area contributed by atoms with E-state index in [4.69, 9.17) is 23.2 Å². The number of halogens is 2. The van der Waals surface area contributed by atoms with Crippen LogP contribution in [0.1, 0.15) is 17.5 Å². The number of carbonyl (C=O) groups excluding carboxylic acids is 2. The van der Waals surface area contributed by atoms with Gasteiger partial charge in [0.1, 0.15) is 0 Å². The first-order valence-corrected chi connectivity index (χ1v) is 8.57. The van der Waals surface area contributed by atoms with E-state index in [0.717, 1.165) is 11.1 Å². The maximum absolute atomic E-state index is 12.7. The van der Waals surface area contributed by atoms with Crippen molar-refractivity contribution in [2.24, 2.45) is 0 Å². The molecule has 0 heterocycles. The second-order valence-electron chi connectivity index (χ2n) is 5.54. The van der Waals surface area contributed by atoms with Crippen LogP contribution in [0, 0.1) is 0 Å². The zero-order valence-corrected chi connectivity index (χ0v) is 15.4. The lowest BCUT2D eigenvalue weighted by Crippen LogP contribution is -2.34. The van der Waals surface area contributed by atoms with Gasteiger partial charge in [-0.3, -0.25) is 9.59 Å². The number of carbonyl (C=O) groups is 2. The molecule has 0 unspecified atom stereocenters. The van der Waals surface area contributed by atoms with Crippen molar-refractivity contribution in [3.05, 3.63) is 69.7 Å². The molecule has 0 aliphatic heterocycles. The normalized spacial score (nSPS) is 10.4. The number of methoxy groups -OCH3 is 1. The molecule has 2 aromatic rings. The Morgan fingerprint density at radius 3 is 2.36 bits per heavy atom. The van der Waals surface area contributed by atoms with Crippen LogP contribution in [0.5, 0.6) is 0 Å². The molecule has 0 saturated heterocycles. The predicted octanol–water partition coefficient (Wildman–Crippen LogP) is 4.13. The van der Waals surface area contributed by atoms with Crippen molar-refractivity contribution in [2.45, 2.75) is 19.4 Å². The number of nitrogens with zero attached hydrogens (tertiary/aromatic N) is 1. The van der Waals surface area contributed by atoms with Gasteiger partial charge in [0.2, 0.25) is 5.91 Å². The number of esters is 1. The van der Waals surface area contributed by atoms with Crippen LogP contribution in [0.25, 0.3) is 0 Å². The molecule has 0 bridgehead atoms. The van der Waals surface area contributed by atoms with Crippen LogP contribution in [0.4, 0.5) is 0 Å². The third kappa shape index (κ3) is 6.07. The number of ether oxygens (including phenoxy) is 1. The Kier molecular flexibility index (Phi) is 7.29. The molecule has 0 aliphatic carbocycles. The van der Waals surface area contributed by atoms with Crippen LogP contribution in [0.15, 0.2) is 48.5 Å². The van der Waals surface area contributed by atoms with E-state index in [1.54, 1.807) is 23.1 Å². The fourth-order valence-electron chi connectivity index (χ4n) is 2.34. The number of rotatable bonds is 7. The quantitative estimate of drug-likeness (QED) is 0.679. The van der Waals surface area contributed by atoms with E-state index in [-0.39, 0.29) is 31.3 Å². The van der Waals surface area contributed by atoms with E-state index >= 15 is 0 Å². The molecule has 0 aliphatic rings. The number of hydrogen-bond acceptors (Lipinski definition) is 3. The van der Waals surface area contributed by atoms with Gasteiger partial charge in [0.15, 0.2) is 0 Å². The van der Waals surface area contributed by atoms with Gasteiger partial charge in [0, 0.05) is 23.1 Å². The molecule has 0 spiro atoms. The molecule has 0 radical (unpaired) electrons. The van der Waals surface area contributed by atoms with Gasteiger partial charge < -0.3 is 9.64 Å². The highest BCUT2D eigenvalue weighted by atomic mass is 35.5. The summed E-state index contributed by atoms with van der Waals surface area (Å²) in [5.74, 6) is -0.449. The molecule has 0 fully saturated rings. The van der Waals surface area contributed by atoms with Crippen LogP contribution >= 0.6 is 23.2 Å². The Morgan fingerprint density at radius 1 is 1.04 bits per heavy atom. The molecule has 132 valence electrons. The zero-order valence-electron chi connectivity index (χ0n) is 13.9. The standard InChI is InChI=1S/C19H19Cl2NO3/c1-25-19(24)10-11-22(13-15-4-2-3-5-17(15)21)18(23)12-14-6-8-16(20)9-7-14/h2-9H,10-13H2,1H3. The van der Waals surface area contributed by atoms with Crippen LogP contribution in [0.3, 0.4) is 0 Å². The molecule has 6 heteroatoms. The number of amides is 1. The largest absolute Gasteiger partial charge is 0.469 e. The molecule has 0 atom stereocenters. The lowest BCUT2D eigenvalue weighted by molar-refractivity contribution is -0.141. The molecule has 0 aromatic heterocycles. The lowest BCUT2D eigenvalue weighted by Gasteiger charge is -2.23. The fraction of sp³-hybridized carbons (Fsp3) is 0.263. The highest BCUT2D eigenvalue weighted by Crippen LogP contribution is 2.18. The van der Waals surface area contributed by atoms with E-state index in [9.17, 15) is 9.59 Å². The van der Waals surface area contributed by atoms with Crippen LogP contribution < -0.4 is 0 Å². The van der Waals surface area contributed by atoms with Crippen LogP contribution in [-0.4, -0.2) is 30.4 Å². The Labute approximate surface area is 157 Å². The van der Waals surface area contributed by atoms with Crippen molar-refractivity contribution in [3.63, 3.8) is 0 Å². The summed E-state index contributed by atoms with van der Waals surface area (Å²) in [6.07, 6.45) is 0.357. The minimum atomic E-state index is -0.358. The topological polar surface area (TPSA) is 46.6 Å². The summed E-state index contributed by atoms with van der Waals surface area (Å²) in [5, 5.41) is 1.21. The van der Waals surface area contributed by atoms with Crippen molar-refractivity contribution < 1.29 is 14.3 Å². The minimum absolute atomic E-state index is 0.0915. The Morgan fingerprint density at radius 2 is 1.72 bits per heavy atom. The highest BCUT2D eigenvalue weighted by molar-refractivity contribution is 6.31. The first-order chi connectivity index (χ1) is 12.0. The minimum Gasteiger partial charge on any atom is -0.469 e. The van der Waals surface area contributed by atoms with E-state index in [2.05, 4.69) is 4.74 Å². The van der Waals surface area contributed by atoms with E-state index < -0.39 is 0 Å². The molecule has 2 aromatic carbocycles. The fourth-order valence-corrected chi connectivity index (χ4v) is 2.66. The molecule has 0 N–H and O–H groups in total. The van der Waals surface area contributed by atoms with Gasteiger partial charge in [0.25, 0.3) is 0 Å². The van der Waals surface area contributed by atoms with Gasteiger partial charge in [-0.1, -0.05) is 53.5 Å². The van der Waals surface area contributed by atoms with E-state index in [1.165, 1.54) is 7.11 Å². The monoisotopic (exact) mass is 379 g/mol. The molecule has 0 saturated carbocycles. The van der Waals surface area contributed by atoms with Crippen molar-refractivity contribution in [3.8, 4) is 0 Å². The van der Waals surface area contributed by atoms with Crippen LogP contribution in [0.2, 0.25) is 10.0 Å². The molecule has 4 nitrogen and oxygen atoms in total. The van der Waals surface area contributed by atoms with Crippen LogP contribution in [-0.2, 0) is 27.3 Å². The maximum Gasteiger partial charge on any atom is 0.307 e. The predicted molar refractivity (Wildman–Crippen MR) is 98.7 cm³/mol. The Bertz CT molecular complexity index is 732.